The van der Waals surface area contributed by atoms with E-state index in [-0.39, 0.29) is 0 Å². The molecule has 0 N–H and O–H groups in total. The van der Waals surface area contributed by atoms with Gasteiger partial charge in [-0.25, -0.2) is 0 Å². The van der Waals surface area contributed by atoms with Crippen LogP contribution in [0, 0.1) is 0 Å². The smallest absolute Gasteiger partial charge is 0.0707 e. The molecule has 1 heterocycles. The minimum Gasteiger partial charge on any atom is -0.256 e. The number of hydrogen-bond donors (Lipinski definition) is 0. The van der Waals surface area contributed by atoms with Crippen LogP contribution in [0.1, 0.15) is 31.2 Å². The summed E-state index contributed by atoms with van der Waals surface area (Å²) in [4.78, 5) is 4.46. The van der Waals surface area contributed by atoms with E-state index in [0.717, 1.165) is 5.69 Å². The maximum atomic E-state index is 4.46. The highest BCUT2D eigenvalue weighted by molar-refractivity contribution is 5.73. The van der Waals surface area contributed by atoms with E-state index in [0.29, 0.717) is 0 Å². The van der Waals surface area contributed by atoms with Crippen molar-refractivity contribution in [1.29, 1.82) is 0 Å². The summed E-state index contributed by atoms with van der Waals surface area (Å²) < 4.78 is 0. The molecule has 1 aliphatic carbocycles. The third-order valence-corrected chi connectivity index (χ3v) is 3.70. The third-order valence-electron chi connectivity index (χ3n) is 3.70. The number of rotatable bonds is 3. The molecule has 1 aromatic carbocycles. The predicted octanol–water partition coefficient (Wildman–Crippen LogP) is 5.26. The van der Waals surface area contributed by atoms with Gasteiger partial charge in [-0.2, -0.15) is 0 Å². The molecular formula is C19H19N. The maximum Gasteiger partial charge on any atom is 0.0707 e. The zero-order chi connectivity index (χ0) is 13.6. The first-order chi connectivity index (χ1) is 9.93. The van der Waals surface area contributed by atoms with Gasteiger partial charge in [-0.15, -0.1) is 0 Å². The van der Waals surface area contributed by atoms with Crippen LogP contribution in [0.15, 0.2) is 66.4 Å². The Morgan fingerprint density at radius 3 is 2.60 bits per heavy atom. The quantitative estimate of drug-likeness (QED) is 0.734. The highest BCUT2D eigenvalue weighted by atomic mass is 14.7. The summed E-state index contributed by atoms with van der Waals surface area (Å²) in [5.41, 5.74) is 4.93. The molecule has 0 radical (unpaired) electrons. The van der Waals surface area contributed by atoms with E-state index in [1.807, 2.05) is 18.3 Å². The monoisotopic (exact) mass is 261 g/mol. The zero-order valence-electron chi connectivity index (χ0n) is 11.6. The molecule has 0 unspecified atom stereocenters. The van der Waals surface area contributed by atoms with Gasteiger partial charge in [0.05, 0.1) is 5.69 Å². The van der Waals surface area contributed by atoms with Gasteiger partial charge in [0, 0.05) is 11.8 Å². The lowest BCUT2D eigenvalue weighted by atomic mass is 9.97. The normalized spacial score (nSPS) is 15.3. The van der Waals surface area contributed by atoms with Crippen molar-refractivity contribution in [2.45, 2.75) is 25.7 Å². The van der Waals surface area contributed by atoms with Crippen molar-refractivity contribution in [1.82, 2.24) is 4.98 Å². The van der Waals surface area contributed by atoms with Crippen molar-refractivity contribution < 1.29 is 0 Å². The molecule has 0 saturated carbocycles. The van der Waals surface area contributed by atoms with E-state index >= 15 is 0 Å². The molecule has 0 bridgehead atoms. The predicted molar refractivity (Wildman–Crippen MR) is 85.3 cm³/mol. The Bertz CT molecular complexity index is 623. The van der Waals surface area contributed by atoms with E-state index < -0.39 is 0 Å². The van der Waals surface area contributed by atoms with Gasteiger partial charge >= 0.3 is 0 Å². The van der Waals surface area contributed by atoms with Gasteiger partial charge in [0.25, 0.3) is 0 Å². The molecule has 20 heavy (non-hydrogen) atoms. The number of hydrogen-bond acceptors (Lipinski definition) is 1. The van der Waals surface area contributed by atoms with Crippen molar-refractivity contribution in [3.8, 4) is 11.3 Å². The Kier molecular flexibility index (Phi) is 4.07. The molecule has 0 atom stereocenters. The topological polar surface area (TPSA) is 12.9 Å². The number of pyridine rings is 1. The fourth-order valence-corrected chi connectivity index (χ4v) is 2.61. The van der Waals surface area contributed by atoms with E-state index in [1.165, 1.54) is 42.4 Å². The molecule has 0 amide bonds. The molecule has 0 fully saturated rings. The standard InChI is InChI=1S/C19H19N/c1-2-8-16(9-3-1)13-14-17-10-4-5-11-18(17)19-12-6-7-15-20-19/h4-8,10-15H,1-3,9H2/b14-13+. The molecule has 0 aliphatic heterocycles. The third kappa shape index (κ3) is 3.05. The maximum absolute atomic E-state index is 4.46. The van der Waals surface area contributed by atoms with Gasteiger partial charge in [-0.3, -0.25) is 4.98 Å². The van der Waals surface area contributed by atoms with Gasteiger partial charge < -0.3 is 0 Å². The fraction of sp³-hybridized carbons (Fsp3) is 0.211. The lowest BCUT2D eigenvalue weighted by Gasteiger charge is -2.09. The zero-order valence-corrected chi connectivity index (χ0v) is 11.6. The van der Waals surface area contributed by atoms with Crippen LogP contribution >= 0.6 is 0 Å². The molecule has 3 rings (SSSR count). The fourth-order valence-electron chi connectivity index (χ4n) is 2.61. The first-order valence-corrected chi connectivity index (χ1v) is 7.31. The van der Waals surface area contributed by atoms with Crippen LogP contribution in [0.3, 0.4) is 0 Å². The largest absolute Gasteiger partial charge is 0.256 e. The van der Waals surface area contributed by atoms with Crippen molar-refractivity contribution in [2.24, 2.45) is 0 Å². The van der Waals surface area contributed by atoms with Crippen molar-refractivity contribution in [2.75, 3.05) is 0 Å². The first-order valence-electron chi connectivity index (χ1n) is 7.31. The Morgan fingerprint density at radius 1 is 0.900 bits per heavy atom. The van der Waals surface area contributed by atoms with Crippen LogP contribution < -0.4 is 0 Å². The molecule has 2 aromatic rings. The highest BCUT2D eigenvalue weighted by Crippen LogP contribution is 2.24. The Labute approximate surface area is 120 Å². The molecule has 0 saturated heterocycles. The molecule has 100 valence electrons. The number of aromatic nitrogens is 1. The molecule has 0 spiro atoms. The molecular weight excluding hydrogens is 242 g/mol. The van der Waals surface area contributed by atoms with Gasteiger partial charge in [0.2, 0.25) is 0 Å². The minimum atomic E-state index is 1.03. The lowest BCUT2D eigenvalue weighted by Crippen LogP contribution is -1.89. The summed E-state index contributed by atoms with van der Waals surface area (Å²) in [6.07, 6.45) is 13.8. The van der Waals surface area contributed by atoms with E-state index in [4.69, 9.17) is 0 Å². The summed E-state index contributed by atoms with van der Waals surface area (Å²) >= 11 is 0. The average molecular weight is 261 g/mol. The molecule has 1 nitrogen and oxygen atoms in total. The summed E-state index contributed by atoms with van der Waals surface area (Å²) in [5, 5.41) is 0. The second-order valence-corrected chi connectivity index (χ2v) is 5.16. The first kappa shape index (κ1) is 12.9. The SMILES string of the molecule is C1=C(/C=C/c2ccccc2-c2ccccn2)CCCC1. The summed E-state index contributed by atoms with van der Waals surface area (Å²) in [5.74, 6) is 0. The summed E-state index contributed by atoms with van der Waals surface area (Å²) in [6.45, 7) is 0. The number of nitrogens with zero attached hydrogens (tertiary/aromatic N) is 1. The summed E-state index contributed by atoms with van der Waals surface area (Å²) in [6, 6.07) is 14.5. The minimum absolute atomic E-state index is 1.03. The summed E-state index contributed by atoms with van der Waals surface area (Å²) in [7, 11) is 0. The Hall–Kier alpha value is -2.15. The van der Waals surface area contributed by atoms with Gasteiger partial charge in [-0.1, -0.05) is 54.1 Å². The van der Waals surface area contributed by atoms with Crippen molar-refractivity contribution in [3.63, 3.8) is 0 Å². The second-order valence-electron chi connectivity index (χ2n) is 5.16. The molecule has 1 heteroatoms. The van der Waals surface area contributed by atoms with Crippen LogP contribution in [-0.2, 0) is 0 Å². The van der Waals surface area contributed by atoms with Gasteiger partial charge in [0.1, 0.15) is 0 Å². The molecule has 1 aliphatic rings. The number of benzene rings is 1. The van der Waals surface area contributed by atoms with E-state index in [9.17, 15) is 0 Å². The van der Waals surface area contributed by atoms with Crippen LogP contribution in [-0.4, -0.2) is 4.98 Å². The Balaban J connectivity index is 1.90. The van der Waals surface area contributed by atoms with Gasteiger partial charge in [-0.05, 0) is 43.4 Å². The highest BCUT2D eigenvalue weighted by Gasteiger charge is 2.04. The van der Waals surface area contributed by atoms with Crippen LogP contribution in [0.2, 0.25) is 0 Å². The van der Waals surface area contributed by atoms with E-state index in [1.54, 1.807) is 0 Å². The van der Waals surface area contributed by atoms with Gasteiger partial charge in [0.15, 0.2) is 0 Å². The van der Waals surface area contributed by atoms with E-state index in [2.05, 4.69) is 53.5 Å². The second kappa shape index (κ2) is 6.33. The van der Waals surface area contributed by atoms with Crippen LogP contribution in [0.25, 0.3) is 17.3 Å². The number of allylic oxidation sites excluding steroid dienone is 3. The lowest BCUT2D eigenvalue weighted by molar-refractivity contribution is 0.712. The van der Waals surface area contributed by atoms with Crippen molar-refractivity contribution in [3.05, 3.63) is 72.0 Å². The van der Waals surface area contributed by atoms with Crippen LogP contribution in [0.5, 0.6) is 0 Å². The molecule has 1 aromatic heterocycles. The average Bonchev–Trinajstić information content (AvgIpc) is 2.55. The van der Waals surface area contributed by atoms with Crippen molar-refractivity contribution >= 4 is 6.08 Å². The Morgan fingerprint density at radius 2 is 1.80 bits per heavy atom. The van der Waals surface area contributed by atoms with Crippen LogP contribution in [0.4, 0.5) is 0 Å².